The highest BCUT2D eigenvalue weighted by Gasteiger charge is 2.69. The summed E-state index contributed by atoms with van der Waals surface area (Å²) in [6, 6.07) is -0.357. The van der Waals surface area contributed by atoms with Crippen LogP contribution >= 0.6 is 0 Å². The molecule has 4 saturated carbocycles. The Bertz CT molecular complexity index is 1010. The van der Waals surface area contributed by atoms with Gasteiger partial charge in [0.05, 0.1) is 0 Å². The summed E-state index contributed by atoms with van der Waals surface area (Å²) in [4.78, 5) is 26.4. The van der Waals surface area contributed by atoms with Gasteiger partial charge in [0.2, 0.25) is 0 Å². The Morgan fingerprint density at radius 2 is 1.64 bits per heavy atom. The van der Waals surface area contributed by atoms with Crippen molar-refractivity contribution >= 4 is 11.8 Å². The van der Waals surface area contributed by atoms with Crippen LogP contribution in [0.4, 0.5) is 4.79 Å². The van der Waals surface area contributed by atoms with Crippen molar-refractivity contribution in [3.63, 3.8) is 0 Å². The molecule has 2 amide bonds. The topological polar surface area (TPSA) is 104 Å². The molecule has 0 aromatic carbocycles. The summed E-state index contributed by atoms with van der Waals surface area (Å²) in [5.41, 5.74) is 9.35. The lowest BCUT2D eigenvalue weighted by atomic mass is 9.33. The Hall–Kier alpha value is -1.40. The summed E-state index contributed by atoms with van der Waals surface area (Å²) in [7, 11) is 0. The lowest BCUT2D eigenvalue weighted by molar-refractivity contribution is -0.186. The molecule has 0 spiro atoms. The van der Waals surface area contributed by atoms with E-state index in [9.17, 15) is 9.59 Å². The number of amides is 2. The molecule has 5 aliphatic carbocycles. The standard InChI is InChI=1S/C30H49N3O3/c1-25(2)21-8-11-30(7)23(28(21,5)10-9-22(25)31)20(34)16-18-19-17-27(4,32-24(35)33-36)14-12-26(19,3)13-15-29(18,30)6/h16,19,21-23,36H,8-15,17,31H2,1-7H3,(H2,32,33,35)/t19-,21-,22-,23+,26+,27-,28-,29+,30+/m0/s1. The fourth-order valence-electron chi connectivity index (χ4n) is 10.6. The Morgan fingerprint density at radius 1 is 0.972 bits per heavy atom. The largest absolute Gasteiger partial charge is 0.338 e. The molecule has 36 heavy (non-hydrogen) atoms. The molecule has 9 atom stereocenters. The van der Waals surface area contributed by atoms with Gasteiger partial charge in [0.15, 0.2) is 5.78 Å². The van der Waals surface area contributed by atoms with Gasteiger partial charge in [0, 0.05) is 17.5 Å². The molecule has 0 radical (unpaired) electrons. The van der Waals surface area contributed by atoms with E-state index >= 15 is 0 Å². The number of hydroxylamine groups is 1. The number of fused-ring (bicyclic) bond motifs is 7. The van der Waals surface area contributed by atoms with E-state index in [0.29, 0.717) is 11.7 Å². The third-order valence-electron chi connectivity index (χ3n) is 13.2. The van der Waals surface area contributed by atoms with Crippen LogP contribution in [0.15, 0.2) is 11.6 Å². The molecule has 202 valence electrons. The highest BCUT2D eigenvalue weighted by atomic mass is 16.5. The van der Waals surface area contributed by atoms with Crippen LogP contribution in [0.2, 0.25) is 0 Å². The molecule has 0 unspecified atom stereocenters. The second-order valence-electron chi connectivity index (χ2n) is 15.3. The molecule has 5 aliphatic rings. The van der Waals surface area contributed by atoms with Gasteiger partial charge in [-0.1, -0.05) is 47.1 Å². The first-order chi connectivity index (χ1) is 16.6. The molecule has 5 rings (SSSR count). The van der Waals surface area contributed by atoms with Crippen molar-refractivity contribution in [1.29, 1.82) is 0 Å². The number of hydrogen-bond donors (Lipinski definition) is 4. The van der Waals surface area contributed by atoms with Gasteiger partial charge in [-0.15, -0.1) is 0 Å². The quantitative estimate of drug-likeness (QED) is 0.273. The second-order valence-corrected chi connectivity index (χ2v) is 15.3. The number of carbonyl (C=O) groups excluding carboxylic acids is 2. The van der Waals surface area contributed by atoms with Crippen molar-refractivity contribution in [3.8, 4) is 0 Å². The Kier molecular flexibility index (Phi) is 5.69. The molecule has 6 heteroatoms. The molecule has 6 nitrogen and oxygen atoms in total. The monoisotopic (exact) mass is 499 g/mol. The van der Waals surface area contributed by atoms with Crippen molar-refractivity contribution in [3.05, 3.63) is 11.6 Å². The Labute approximate surface area is 217 Å². The highest BCUT2D eigenvalue weighted by Crippen LogP contribution is 2.74. The number of nitrogens with two attached hydrogens (primary N) is 1. The zero-order chi connectivity index (χ0) is 26.5. The average molecular weight is 500 g/mol. The van der Waals surface area contributed by atoms with E-state index < -0.39 is 11.6 Å². The van der Waals surface area contributed by atoms with E-state index in [0.717, 1.165) is 57.8 Å². The Morgan fingerprint density at radius 3 is 2.31 bits per heavy atom. The summed E-state index contributed by atoms with van der Waals surface area (Å²) in [6.45, 7) is 16.5. The van der Waals surface area contributed by atoms with Crippen LogP contribution in [0.1, 0.15) is 106 Å². The lowest BCUT2D eigenvalue weighted by Gasteiger charge is -2.70. The summed E-state index contributed by atoms with van der Waals surface area (Å²) in [5.74, 6) is 1.07. The molecule has 0 saturated heterocycles. The number of nitrogens with one attached hydrogen (secondary N) is 2. The maximum Gasteiger partial charge on any atom is 0.338 e. The Balaban J connectivity index is 1.58. The van der Waals surface area contributed by atoms with E-state index in [1.165, 1.54) is 5.57 Å². The smallest absolute Gasteiger partial charge is 0.331 e. The predicted molar refractivity (Wildman–Crippen MR) is 141 cm³/mol. The minimum atomic E-state index is -0.551. The van der Waals surface area contributed by atoms with Crippen LogP contribution < -0.4 is 16.5 Å². The van der Waals surface area contributed by atoms with Crippen molar-refractivity contribution < 1.29 is 14.8 Å². The van der Waals surface area contributed by atoms with Crippen LogP contribution in [0.25, 0.3) is 0 Å². The van der Waals surface area contributed by atoms with E-state index in [1.807, 2.05) is 0 Å². The fraction of sp³-hybridized carbons (Fsp3) is 0.867. The summed E-state index contributed by atoms with van der Waals surface area (Å²) >= 11 is 0. The SMILES string of the molecule is CC1(C)[C@@H](N)CC[C@]2(C)[C@H]3C(=O)C=C4[C@@H]5C[C@@](C)(NC(=O)NO)CC[C@]5(C)CC[C@@]4(C)[C@]3(C)CC[C@@H]12. The minimum Gasteiger partial charge on any atom is -0.331 e. The molecule has 4 fully saturated rings. The first-order valence-corrected chi connectivity index (χ1v) is 14.3. The van der Waals surface area contributed by atoms with Gasteiger partial charge in [-0.3, -0.25) is 10.0 Å². The molecule has 0 aromatic heterocycles. The van der Waals surface area contributed by atoms with E-state index in [4.69, 9.17) is 10.9 Å². The normalized spacial score (nSPS) is 51.6. The fourth-order valence-corrected chi connectivity index (χ4v) is 10.6. The van der Waals surface area contributed by atoms with Crippen molar-refractivity contribution in [1.82, 2.24) is 10.8 Å². The maximum absolute atomic E-state index is 14.3. The number of urea groups is 1. The van der Waals surface area contributed by atoms with E-state index in [1.54, 1.807) is 5.48 Å². The summed E-state index contributed by atoms with van der Waals surface area (Å²) in [5, 5.41) is 12.1. The zero-order valence-electron chi connectivity index (χ0n) is 23.6. The van der Waals surface area contributed by atoms with Gasteiger partial charge in [0.25, 0.3) is 0 Å². The number of allylic oxidation sites excluding steroid dienone is 2. The molecule has 0 bridgehead atoms. The predicted octanol–water partition coefficient (Wildman–Crippen LogP) is 5.74. The average Bonchev–Trinajstić information content (AvgIpc) is 2.79. The number of hydrogen-bond acceptors (Lipinski definition) is 4. The molecule has 0 aliphatic heterocycles. The molecule has 0 heterocycles. The molecular formula is C30H49N3O3. The van der Waals surface area contributed by atoms with Crippen LogP contribution in [0, 0.1) is 44.8 Å². The van der Waals surface area contributed by atoms with Gasteiger partial charge < -0.3 is 11.1 Å². The van der Waals surface area contributed by atoms with Gasteiger partial charge >= 0.3 is 6.03 Å². The van der Waals surface area contributed by atoms with Crippen molar-refractivity contribution in [2.45, 2.75) is 118 Å². The maximum atomic E-state index is 14.3. The zero-order valence-corrected chi connectivity index (χ0v) is 23.6. The van der Waals surface area contributed by atoms with Crippen LogP contribution in [0.3, 0.4) is 0 Å². The first-order valence-electron chi connectivity index (χ1n) is 14.3. The number of rotatable bonds is 1. The van der Waals surface area contributed by atoms with Gasteiger partial charge in [0.1, 0.15) is 0 Å². The van der Waals surface area contributed by atoms with Gasteiger partial charge in [-0.2, -0.15) is 0 Å². The van der Waals surface area contributed by atoms with E-state index in [-0.39, 0.29) is 45.0 Å². The van der Waals surface area contributed by atoms with Crippen molar-refractivity contribution in [2.24, 2.45) is 50.6 Å². The third kappa shape index (κ3) is 3.28. The molecule has 5 N–H and O–H groups in total. The minimum absolute atomic E-state index is 0.0295. The van der Waals surface area contributed by atoms with Crippen LogP contribution in [0.5, 0.6) is 0 Å². The first kappa shape index (κ1) is 26.2. The molecular weight excluding hydrogens is 450 g/mol. The highest BCUT2D eigenvalue weighted by molar-refractivity contribution is 5.95. The van der Waals surface area contributed by atoms with Gasteiger partial charge in [-0.25, -0.2) is 10.3 Å². The summed E-state index contributed by atoms with van der Waals surface area (Å²) in [6.07, 6.45) is 11.3. The third-order valence-corrected chi connectivity index (χ3v) is 13.2. The lowest BCUT2D eigenvalue weighted by Crippen LogP contribution is -2.67. The van der Waals surface area contributed by atoms with Crippen LogP contribution in [-0.2, 0) is 4.79 Å². The van der Waals surface area contributed by atoms with Crippen LogP contribution in [-0.4, -0.2) is 28.6 Å². The molecule has 0 aromatic rings. The number of carbonyl (C=O) groups is 2. The van der Waals surface area contributed by atoms with Crippen molar-refractivity contribution in [2.75, 3.05) is 0 Å². The van der Waals surface area contributed by atoms with E-state index in [2.05, 4.69) is 59.9 Å². The second kappa shape index (κ2) is 7.81. The number of ketones is 1. The van der Waals surface area contributed by atoms with Gasteiger partial charge in [-0.05, 0) is 110 Å². The summed E-state index contributed by atoms with van der Waals surface area (Å²) < 4.78 is 0.